The fourth-order valence-electron chi connectivity index (χ4n) is 5.66. The molecule has 1 fully saturated rings. The lowest BCUT2D eigenvalue weighted by Crippen LogP contribution is -2.54. The van der Waals surface area contributed by atoms with Crippen molar-refractivity contribution in [3.63, 3.8) is 0 Å². The van der Waals surface area contributed by atoms with Gasteiger partial charge in [-0.1, -0.05) is 56.5 Å². The Morgan fingerprint density at radius 2 is 1.58 bits per heavy atom. The van der Waals surface area contributed by atoms with Crippen molar-refractivity contribution in [1.82, 2.24) is 10.2 Å². The number of methoxy groups -OCH3 is 3. The average molecular weight is 638 g/mol. The van der Waals surface area contributed by atoms with Crippen molar-refractivity contribution < 1.29 is 32.2 Å². The first kappa shape index (κ1) is 33.6. The van der Waals surface area contributed by atoms with Gasteiger partial charge < -0.3 is 24.4 Å². The lowest BCUT2D eigenvalue weighted by molar-refractivity contribution is -0.140. The topological polar surface area (TPSA) is 114 Å². The van der Waals surface area contributed by atoms with E-state index in [1.165, 1.54) is 37.3 Å². The molecule has 0 heterocycles. The number of amides is 2. The number of hydrogen-bond acceptors (Lipinski definition) is 7. The molecule has 0 bridgehead atoms. The van der Waals surface area contributed by atoms with Crippen LogP contribution in [0.4, 0.5) is 5.69 Å². The Kier molecular flexibility index (Phi) is 11.7. The van der Waals surface area contributed by atoms with Gasteiger partial charge in [0.25, 0.3) is 10.0 Å². The van der Waals surface area contributed by atoms with Gasteiger partial charge in [0.2, 0.25) is 11.8 Å². The van der Waals surface area contributed by atoms with E-state index >= 15 is 0 Å². The van der Waals surface area contributed by atoms with Crippen LogP contribution in [0, 0.1) is 0 Å². The second kappa shape index (κ2) is 15.7. The second-order valence-corrected chi connectivity index (χ2v) is 12.9. The number of ether oxygens (including phenoxy) is 3. The summed E-state index contributed by atoms with van der Waals surface area (Å²) < 4.78 is 45.5. The molecule has 0 spiro atoms. The van der Waals surface area contributed by atoms with Gasteiger partial charge in [0.05, 0.1) is 31.9 Å². The van der Waals surface area contributed by atoms with Crippen molar-refractivity contribution in [2.75, 3.05) is 32.2 Å². The van der Waals surface area contributed by atoms with Gasteiger partial charge in [-0.2, -0.15) is 0 Å². The monoisotopic (exact) mass is 637 g/mol. The highest BCUT2D eigenvalue weighted by atomic mass is 32.2. The second-order valence-electron chi connectivity index (χ2n) is 11.0. The number of carbonyl (C=O) groups is 2. The molecule has 3 aromatic rings. The number of benzene rings is 3. The van der Waals surface area contributed by atoms with Crippen LogP contribution in [0.2, 0.25) is 0 Å². The molecule has 0 saturated heterocycles. The molecule has 242 valence electrons. The fourth-order valence-corrected chi connectivity index (χ4v) is 7.09. The molecule has 2 amide bonds. The lowest BCUT2D eigenvalue weighted by Gasteiger charge is -2.34. The molecule has 0 aromatic heterocycles. The summed E-state index contributed by atoms with van der Waals surface area (Å²) in [5.41, 5.74) is 1.06. The van der Waals surface area contributed by atoms with Crippen LogP contribution in [0.1, 0.15) is 51.0 Å². The zero-order chi connectivity index (χ0) is 32.4. The quantitative estimate of drug-likeness (QED) is 0.260. The van der Waals surface area contributed by atoms with Crippen molar-refractivity contribution >= 4 is 27.5 Å². The summed E-state index contributed by atoms with van der Waals surface area (Å²) in [5.74, 6) is 0.466. The van der Waals surface area contributed by atoms with Gasteiger partial charge >= 0.3 is 0 Å². The Balaban J connectivity index is 1.72. The number of nitrogens with one attached hydrogen (secondary N) is 1. The lowest BCUT2D eigenvalue weighted by atomic mass is 9.95. The molecule has 0 unspecified atom stereocenters. The number of rotatable bonds is 14. The molecule has 10 nitrogen and oxygen atoms in total. The Morgan fingerprint density at radius 3 is 2.22 bits per heavy atom. The van der Waals surface area contributed by atoms with Crippen molar-refractivity contribution in [2.45, 2.75) is 69.0 Å². The summed E-state index contributed by atoms with van der Waals surface area (Å²) in [6.07, 6.45) is 5.40. The van der Waals surface area contributed by atoms with Crippen LogP contribution in [0.15, 0.2) is 77.7 Å². The summed E-state index contributed by atoms with van der Waals surface area (Å²) >= 11 is 0. The number of sulfonamides is 1. The van der Waals surface area contributed by atoms with Gasteiger partial charge in [-0.25, -0.2) is 8.42 Å². The number of para-hydroxylation sites is 1. The molecule has 1 atom stereocenters. The number of hydrogen-bond donors (Lipinski definition) is 1. The number of carbonyl (C=O) groups excluding carboxylic acids is 2. The van der Waals surface area contributed by atoms with Crippen LogP contribution in [0.5, 0.6) is 17.2 Å². The first-order valence-electron chi connectivity index (χ1n) is 15.2. The van der Waals surface area contributed by atoms with Crippen LogP contribution in [-0.2, 0) is 26.2 Å². The molecule has 0 radical (unpaired) electrons. The molecule has 45 heavy (non-hydrogen) atoms. The highest BCUT2D eigenvalue weighted by Gasteiger charge is 2.34. The minimum Gasteiger partial charge on any atom is -0.497 e. The van der Waals surface area contributed by atoms with E-state index < -0.39 is 28.5 Å². The summed E-state index contributed by atoms with van der Waals surface area (Å²) in [5, 5.41) is 3.16. The summed E-state index contributed by atoms with van der Waals surface area (Å²) in [6.45, 7) is 1.41. The van der Waals surface area contributed by atoms with Crippen LogP contribution in [0.25, 0.3) is 0 Å². The largest absolute Gasteiger partial charge is 0.497 e. The first-order chi connectivity index (χ1) is 21.7. The maximum atomic E-state index is 14.3. The third kappa shape index (κ3) is 8.27. The van der Waals surface area contributed by atoms with Gasteiger partial charge in [-0.05, 0) is 61.2 Å². The molecular formula is C34H43N3O7S. The van der Waals surface area contributed by atoms with Gasteiger partial charge in [0.1, 0.15) is 18.3 Å². The number of anilines is 1. The van der Waals surface area contributed by atoms with E-state index in [0.717, 1.165) is 42.0 Å². The minimum atomic E-state index is -4.27. The van der Waals surface area contributed by atoms with Crippen LogP contribution in [-0.4, -0.2) is 65.1 Å². The summed E-state index contributed by atoms with van der Waals surface area (Å²) in [4.78, 5) is 29.5. The molecule has 0 aliphatic heterocycles. The van der Waals surface area contributed by atoms with E-state index in [-0.39, 0.29) is 29.1 Å². The SMILES string of the molecule is CC[C@@H](C(=O)NC1CCCCC1)N(Cc1cccc(OC)c1)C(=O)CN(c1ccccc1)S(=O)(=O)c1ccc(OC)c(OC)c1. The van der Waals surface area contributed by atoms with E-state index in [4.69, 9.17) is 14.2 Å². The Labute approximate surface area is 266 Å². The highest BCUT2D eigenvalue weighted by molar-refractivity contribution is 7.92. The standard InChI is InChI=1S/C34H43N3O7S/c1-5-30(34(39)35-26-14-8-6-9-15-26)36(23-25-13-12-18-28(21-25)42-2)33(38)24-37(27-16-10-7-11-17-27)45(40,41)29-19-20-31(43-3)32(22-29)44-4/h7,10-13,16-22,26,30H,5-6,8-9,14-15,23-24H2,1-4H3,(H,35,39)/t30-/m0/s1. The average Bonchev–Trinajstić information content (AvgIpc) is 3.07. The molecule has 1 aliphatic rings. The molecule has 1 saturated carbocycles. The van der Waals surface area contributed by atoms with Crippen molar-refractivity contribution in [2.24, 2.45) is 0 Å². The Morgan fingerprint density at radius 1 is 0.867 bits per heavy atom. The Hall–Kier alpha value is -4.25. The van der Waals surface area contributed by atoms with Crippen LogP contribution < -0.4 is 23.8 Å². The van der Waals surface area contributed by atoms with Crippen LogP contribution in [0.3, 0.4) is 0 Å². The van der Waals surface area contributed by atoms with Gasteiger partial charge in [0, 0.05) is 18.7 Å². The van der Waals surface area contributed by atoms with Crippen molar-refractivity contribution in [3.8, 4) is 17.2 Å². The van der Waals surface area contributed by atoms with E-state index in [1.807, 2.05) is 19.1 Å². The molecular weight excluding hydrogens is 594 g/mol. The maximum Gasteiger partial charge on any atom is 0.264 e. The van der Waals surface area contributed by atoms with E-state index in [1.54, 1.807) is 49.6 Å². The first-order valence-corrected chi connectivity index (χ1v) is 16.7. The van der Waals surface area contributed by atoms with E-state index in [9.17, 15) is 18.0 Å². The smallest absolute Gasteiger partial charge is 0.264 e. The highest BCUT2D eigenvalue weighted by Crippen LogP contribution is 2.32. The van der Waals surface area contributed by atoms with E-state index in [2.05, 4.69) is 5.32 Å². The number of nitrogens with zero attached hydrogens (tertiary/aromatic N) is 2. The van der Waals surface area contributed by atoms with Crippen molar-refractivity contribution in [1.29, 1.82) is 0 Å². The fraction of sp³-hybridized carbons (Fsp3) is 0.412. The van der Waals surface area contributed by atoms with Crippen molar-refractivity contribution in [3.05, 3.63) is 78.4 Å². The maximum absolute atomic E-state index is 14.3. The molecule has 1 N–H and O–H groups in total. The van der Waals surface area contributed by atoms with Gasteiger partial charge in [0.15, 0.2) is 11.5 Å². The molecule has 11 heteroatoms. The van der Waals surface area contributed by atoms with Crippen LogP contribution >= 0.6 is 0 Å². The zero-order valence-corrected chi connectivity index (χ0v) is 27.2. The third-order valence-electron chi connectivity index (χ3n) is 8.09. The summed E-state index contributed by atoms with van der Waals surface area (Å²) in [7, 11) is 0.179. The normalized spacial score (nSPS) is 14.2. The predicted molar refractivity (Wildman–Crippen MR) is 173 cm³/mol. The van der Waals surface area contributed by atoms with Gasteiger partial charge in [-0.15, -0.1) is 0 Å². The summed E-state index contributed by atoms with van der Waals surface area (Å²) in [6, 6.07) is 19.3. The molecule has 4 rings (SSSR count). The third-order valence-corrected chi connectivity index (χ3v) is 9.86. The molecule has 1 aliphatic carbocycles. The zero-order valence-electron chi connectivity index (χ0n) is 26.4. The van der Waals surface area contributed by atoms with Gasteiger partial charge in [-0.3, -0.25) is 13.9 Å². The molecule has 3 aromatic carbocycles. The minimum absolute atomic E-state index is 0.0559. The predicted octanol–water partition coefficient (Wildman–Crippen LogP) is 5.16. The van der Waals surface area contributed by atoms with E-state index in [0.29, 0.717) is 23.6 Å². The Bertz CT molecular complexity index is 1540.